The summed E-state index contributed by atoms with van der Waals surface area (Å²) in [6.07, 6.45) is 3.96. The Morgan fingerprint density at radius 1 is 0.882 bits per heavy atom. The Morgan fingerprint density at radius 2 is 1.62 bits per heavy atom. The van der Waals surface area contributed by atoms with E-state index in [1.807, 2.05) is 18.3 Å². The van der Waals surface area contributed by atoms with Crippen LogP contribution in [0.2, 0.25) is 0 Å². The third-order valence-corrected chi connectivity index (χ3v) is 6.62. The zero-order chi connectivity index (χ0) is 23.8. The van der Waals surface area contributed by atoms with Crippen LogP contribution in [0.5, 0.6) is 0 Å². The van der Waals surface area contributed by atoms with Gasteiger partial charge in [-0.1, -0.05) is 12.1 Å². The van der Waals surface area contributed by atoms with Crippen LogP contribution in [0, 0.1) is 13.8 Å². The molecular formula is C28H29N5S. The van der Waals surface area contributed by atoms with Crippen molar-refractivity contribution in [2.24, 2.45) is 0 Å². The molecule has 1 saturated heterocycles. The molecule has 172 valence electrons. The fourth-order valence-electron chi connectivity index (χ4n) is 4.80. The van der Waals surface area contributed by atoms with Gasteiger partial charge in [0, 0.05) is 49.2 Å². The molecule has 1 aliphatic heterocycles. The molecule has 1 fully saturated rings. The molecule has 2 atom stereocenters. The summed E-state index contributed by atoms with van der Waals surface area (Å²) in [5.41, 5.74) is 7.93. The number of hydrogen-bond acceptors (Lipinski definition) is 3. The fourth-order valence-corrected chi connectivity index (χ4v) is 5.15. The third kappa shape index (κ3) is 4.05. The van der Waals surface area contributed by atoms with E-state index in [1.165, 1.54) is 16.8 Å². The van der Waals surface area contributed by atoms with Gasteiger partial charge in [-0.25, -0.2) is 0 Å². The van der Waals surface area contributed by atoms with Crippen LogP contribution in [0.25, 0.3) is 5.69 Å². The van der Waals surface area contributed by atoms with Gasteiger partial charge in [0.15, 0.2) is 5.11 Å². The molecule has 0 spiro atoms. The van der Waals surface area contributed by atoms with Crippen molar-refractivity contribution in [1.29, 1.82) is 0 Å². The van der Waals surface area contributed by atoms with Gasteiger partial charge in [0.1, 0.15) is 6.04 Å². The third-order valence-electron chi connectivity index (χ3n) is 6.31. The smallest absolute Gasteiger partial charge is 0.174 e. The lowest BCUT2D eigenvalue weighted by molar-refractivity contribution is 0.549. The first-order chi connectivity index (χ1) is 16.4. The largest absolute Gasteiger partial charge is 0.378 e. The van der Waals surface area contributed by atoms with Crippen LogP contribution in [0.15, 0.2) is 85.2 Å². The maximum atomic E-state index is 5.92. The van der Waals surface area contributed by atoms with Gasteiger partial charge < -0.3 is 19.7 Å². The van der Waals surface area contributed by atoms with Gasteiger partial charge in [0.25, 0.3) is 0 Å². The number of benzene rings is 2. The summed E-state index contributed by atoms with van der Waals surface area (Å²) in [5.74, 6) is 0. The molecule has 0 amide bonds. The van der Waals surface area contributed by atoms with E-state index < -0.39 is 0 Å². The first-order valence-electron chi connectivity index (χ1n) is 11.5. The van der Waals surface area contributed by atoms with E-state index in [0.717, 1.165) is 22.8 Å². The van der Waals surface area contributed by atoms with Crippen molar-refractivity contribution in [1.82, 2.24) is 14.9 Å². The highest BCUT2D eigenvalue weighted by molar-refractivity contribution is 7.80. The van der Waals surface area contributed by atoms with Gasteiger partial charge >= 0.3 is 0 Å². The maximum absolute atomic E-state index is 5.92. The van der Waals surface area contributed by atoms with E-state index in [0.29, 0.717) is 5.11 Å². The fraction of sp³-hybridized carbons (Fsp3) is 0.214. The summed E-state index contributed by atoms with van der Waals surface area (Å²) in [6.45, 7) is 4.26. The van der Waals surface area contributed by atoms with Gasteiger partial charge in [-0.15, -0.1) is 0 Å². The highest BCUT2D eigenvalue weighted by atomic mass is 32.1. The first kappa shape index (κ1) is 22.2. The lowest BCUT2D eigenvalue weighted by atomic mass is 10.00. The second kappa shape index (κ2) is 8.95. The van der Waals surface area contributed by atoms with Crippen molar-refractivity contribution in [2.45, 2.75) is 25.9 Å². The molecular weight excluding hydrogens is 438 g/mol. The van der Waals surface area contributed by atoms with E-state index in [4.69, 9.17) is 12.2 Å². The van der Waals surface area contributed by atoms with Crippen LogP contribution in [-0.4, -0.2) is 28.8 Å². The molecule has 6 heteroatoms. The molecule has 4 aromatic rings. The molecule has 0 saturated carbocycles. The van der Waals surface area contributed by atoms with Crippen LogP contribution in [0.1, 0.15) is 34.6 Å². The number of hydrogen-bond donors (Lipinski definition) is 1. The number of aromatic nitrogens is 2. The minimum absolute atomic E-state index is 0.0628. The number of nitrogens with one attached hydrogen (secondary N) is 1. The second-order valence-electron chi connectivity index (χ2n) is 9.06. The zero-order valence-corrected chi connectivity index (χ0v) is 20.8. The number of thiocarbonyl (C=S) groups is 1. The number of aryl methyl sites for hydroxylation is 2. The van der Waals surface area contributed by atoms with Crippen LogP contribution in [0.3, 0.4) is 0 Å². The highest BCUT2D eigenvalue weighted by Gasteiger charge is 2.42. The topological polar surface area (TPSA) is 36.3 Å². The Balaban J connectivity index is 1.65. The summed E-state index contributed by atoms with van der Waals surface area (Å²) < 4.78 is 2.26. The lowest BCUT2D eigenvalue weighted by Gasteiger charge is -2.29. The second-order valence-corrected chi connectivity index (χ2v) is 9.44. The van der Waals surface area contributed by atoms with E-state index in [1.54, 1.807) is 0 Å². The van der Waals surface area contributed by atoms with Gasteiger partial charge in [0.05, 0.1) is 11.7 Å². The van der Waals surface area contributed by atoms with Crippen molar-refractivity contribution in [3.63, 3.8) is 0 Å². The Morgan fingerprint density at radius 3 is 2.26 bits per heavy atom. The first-order valence-corrected chi connectivity index (χ1v) is 11.9. The molecule has 0 bridgehead atoms. The Labute approximate surface area is 206 Å². The molecule has 0 unspecified atom stereocenters. The van der Waals surface area contributed by atoms with E-state index in [2.05, 4.69) is 119 Å². The maximum Gasteiger partial charge on any atom is 0.174 e. The molecule has 34 heavy (non-hydrogen) atoms. The number of nitrogens with zero attached hydrogens (tertiary/aromatic N) is 4. The van der Waals surface area contributed by atoms with Crippen molar-refractivity contribution < 1.29 is 0 Å². The number of anilines is 2. The van der Waals surface area contributed by atoms with Crippen molar-refractivity contribution >= 4 is 28.7 Å². The molecule has 0 aliphatic carbocycles. The Hall–Kier alpha value is -3.64. The zero-order valence-electron chi connectivity index (χ0n) is 19.9. The van der Waals surface area contributed by atoms with Crippen molar-refractivity contribution in [2.75, 3.05) is 23.9 Å². The molecule has 3 heterocycles. The van der Waals surface area contributed by atoms with Crippen LogP contribution in [0.4, 0.5) is 11.4 Å². The summed E-state index contributed by atoms with van der Waals surface area (Å²) >= 11 is 5.92. The van der Waals surface area contributed by atoms with Gasteiger partial charge in [-0.05, 0) is 97.9 Å². The average molecular weight is 468 g/mol. The molecule has 1 N–H and O–H groups in total. The monoisotopic (exact) mass is 467 g/mol. The van der Waals surface area contributed by atoms with Crippen molar-refractivity contribution in [3.05, 3.63) is 108 Å². The summed E-state index contributed by atoms with van der Waals surface area (Å²) in [5, 5.41) is 4.28. The summed E-state index contributed by atoms with van der Waals surface area (Å²) in [4.78, 5) is 9.04. The predicted molar refractivity (Wildman–Crippen MR) is 144 cm³/mol. The minimum atomic E-state index is -0.0794. The van der Waals surface area contributed by atoms with Gasteiger partial charge in [-0.2, -0.15) is 0 Å². The Kier molecular flexibility index (Phi) is 5.84. The van der Waals surface area contributed by atoms with E-state index >= 15 is 0 Å². The van der Waals surface area contributed by atoms with E-state index in [9.17, 15) is 0 Å². The molecule has 5 rings (SSSR count). The van der Waals surface area contributed by atoms with Crippen LogP contribution >= 0.6 is 12.2 Å². The molecule has 2 aromatic carbocycles. The van der Waals surface area contributed by atoms with Gasteiger partial charge in [0.2, 0.25) is 0 Å². The summed E-state index contributed by atoms with van der Waals surface area (Å²) in [6, 6.07) is 25.4. The predicted octanol–water partition coefficient (Wildman–Crippen LogP) is 5.73. The SMILES string of the molecule is Cc1cc(C)cc(N2C(=S)N[C@H](c3ccccn3)[C@H]2c2cccn2-c2ccc(N(C)C)cc2)c1. The van der Waals surface area contributed by atoms with Crippen LogP contribution in [-0.2, 0) is 0 Å². The number of rotatable bonds is 5. The molecule has 0 radical (unpaired) electrons. The quantitative estimate of drug-likeness (QED) is 0.379. The Bertz CT molecular complexity index is 1290. The lowest BCUT2D eigenvalue weighted by Crippen LogP contribution is -2.30. The normalized spacial score (nSPS) is 17.6. The van der Waals surface area contributed by atoms with Crippen molar-refractivity contribution in [3.8, 4) is 5.69 Å². The highest BCUT2D eigenvalue weighted by Crippen LogP contribution is 2.42. The summed E-state index contributed by atoms with van der Waals surface area (Å²) in [7, 11) is 4.11. The van der Waals surface area contributed by atoms with Crippen LogP contribution < -0.4 is 15.1 Å². The standard InChI is InChI=1S/C28H29N5S/c1-19-16-20(2)18-23(17-19)33-27(26(30-28(33)34)24-8-5-6-14-29-24)25-9-7-15-32(25)22-12-10-21(11-13-22)31(3)4/h5-18,26-27H,1-4H3,(H,30,34)/t26-,27-/m1/s1. The van der Waals surface area contributed by atoms with Gasteiger partial charge in [-0.3, -0.25) is 4.98 Å². The minimum Gasteiger partial charge on any atom is -0.378 e. The van der Waals surface area contributed by atoms with E-state index in [-0.39, 0.29) is 12.1 Å². The number of pyridine rings is 1. The molecule has 2 aromatic heterocycles. The molecule has 1 aliphatic rings. The average Bonchev–Trinajstić information content (AvgIpc) is 3.43. The molecule has 5 nitrogen and oxygen atoms in total.